The molecule has 0 saturated carbocycles. The van der Waals surface area contributed by atoms with Crippen LogP contribution < -0.4 is 0 Å². The van der Waals surface area contributed by atoms with Gasteiger partial charge in [0.05, 0.1) is 18.2 Å². The van der Waals surface area contributed by atoms with Crippen molar-refractivity contribution in [1.29, 1.82) is 5.26 Å². The first kappa shape index (κ1) is 10.2. The summed E-state index contributed by atoms with van der Waals surface area (Å²) in [5.41, 5.74) is 1.67. The van der Waals surface area contributed by atoms with Gasteiger partial charge in [0.25, 0.3) is 0 Å². The summed E-state index contributed by atoms with van der Waals surface area (Å²) >= 11 is 0. The van der Waals surface area contributed by atoms with Crippen LogP contribution in [0, 0.1) is 17.3 Å². The molecule has 0 radical (unpaired) electrons. The van der Waals surface area contributed by atoms with Crippen LogP contribution in [0.3, 0.4) is 0 Å². The van der Waals surface area contributed by atoms with Gasteiger partial charge in [-0.05, 0) is 18.2 Å². The maximum absolute atomic E-state index is 13.4. The molecule has 0 saturated heterocycles. The SMILES string of the molecule is N#CCc1ccc(-c2ccncc2)nc1F. The number of halogens is 1. The predicted octanol–water partition coefficient (Wildman–Crippen LogP) is 2.35. The standard InChI is InChI=1S/C12H8FN3/c13-12-10(3-6-14)1-2-11(16-12)9-4-7-15-8-5-9/h1-2,4-5,7-8H,3H2. The van der Waals surface area contributed by atoms with Gasteiger partial charge < -0.3 is 0 Å². The summed E-state index contributed by atoms with van der Waals surface area (Å²) < 4.78 is 13.4. The molecule has 2 heterocycles. The Kier molecular flexibility index (Phi) is 2.88. The van der Waals surface area contributed by atoms with Crippen LogP contribution in [0.1, 0.15) is 5.56 Å². The van der Waals surface area contributed by atoms with Crippen molar-refractivity contribution in [3.63, 3.8) is 0 Å². The van der Waals surface area contributed by atoms with Crippen LogP contribution in [-0.2, 0) is 6.42 Å². The van der Waals surface area contributed by atoms with E-state index in [1.165, 1.54) is 0 Å². The molecular formula is C12H8FN3. The van der Waals surface area contributed by atoms with Crippen molar-refractivity contribution in [2.75, 3.05) is 0 Å². The molecule has 0 fully saturated rings. The zero-order chi connectivity index (χ0) is 11.4. The van der Waals surface area contributed by atoms with Crippen molar-refractivity contribution in [2.24, 2.45) is 0 Å². The van der Waals surface area contributed by atoms with Crippen molar-refractivity contribution in [3.8, 4) is 17.3 Å². The van der Waals surface area contributed by atoms with Crippen LogP contribution in [0.15, 0.2) is 36.7 Å². The van der Waals surface area contributed by atoms with E-state index in [1.807, 2.05) is 6.07 Å². The largest absolute Gasteiger partial charge is 0.265 e. The second-order valence-corrected chi connectivity index (χ2v) is 3.22. The number of nitriles is 1. The van der Waals surface area contributed by atoms with E-state index in [9.17, 15) is 4.39 Å². The fraction of sp³-hybridized carbons (Fsp3) is 0.0833. The smallest absolute Gasteiger partial charge is 0.217 e. The Morgan fingerprint density at radius 2 is 1.94 bits per heavy atom. The molecule has 0 aromatic carbocycles. The van der Waals surface area contributed by atoms with Crippen molar-refractivity contribution in [3.05, 3.63) is 48.2 Å². The number of pyridine rings is 2. The summed E-state index contributed by atoms with van der Waals surface area (Å²) in [5.74, 6) is -0.587. The molecule has 0 aliphatic heterocycles. The maximum Gasteiger partial charge on any atom is 0.217 e. The van der Waals surface area contributed by atoms with E-state index in [0.717, 1.165) is 5.56 Å². The predicted molar refractivity (Wildman–Crippen MR) is 56.7 cm³/mol. The summed E-state index contributed by atoms with van der Waals surface area (Å²) in [5, 5.41) is 8.48. The van der Waals surface area contributed by atoms with Crippen LogP contribution in [0.2, 0.25) is 0 Å². The minimum atomic E-state index is -0.587. The molecule has 0 amide bonds. The normalized spacial score (nSPS) is 9.75. The molecule has 16 heavy (non-hydrogen) atoms. The number of hydrogen-bond donors (Lipinski definition) is 0. The van der Waals surface area contributed by atoms with Crippen LogP contribution in [0.25, 0.3) is 11.3 Å². The Labute approximate surface area is 92.2 Å². The molecule has 0 spiro atoms. The summed E-state index contributed by atoms with van der Waals surface area (Å²) in [4.78, 5) is 7.69. The molecule has 0 bridgehead atoms. The van der Waals surface area contributed by atoms with E-state index >= 15 is 0 Å². The minimum Gasteiger partial charge on any atom is -0.265 e. The molecule has 2 aromatic heterocycles. The summed E-state index contributed by atoms with van der Waals surface area (Å²) in [6.07, 6.45) is 3.28. The lowest BCUT2D eigenvalue weighted by Crippen LogP contribution is -1.94. The monoisotopic (exact) mass is 213 g/mol. The van der Waals surface area contributed by atoms with Gasteiger partial charge in [0, 0.05) is 23.5 Å². The molecule has 2 aromatic rings. The third-order valence-electron chi connectivity index (χ3n) is 2.17. The van der Waals surface area contributed by atoms with Gasteiger partial charge in [-0.15, -0.1) is 0 Å². The van der Waals surface area contributed by atoms with E-state index in [0.29, 0.717) is 11.3 Å². The lowest BCUT2D eigenvalue weighted by Gasteiger charge is -2.02. The molecule has 0 atom stereocenters. The molecule has 2 rings (SSSR count). The van der Waals surface area contributed by atoms with Gasteiger partial charge in [-0.1, -0.05) is 6.07 Å². The van der Waals surface area contributed by atoms with Crippen LogP contribution >= 0.6 is 0 Å². The Hall–Kier alpha value is -2.28. The minimum absolute atomic E-state index is 0.0372. The number of hydrogen-bond acceptors (Lipinski definition) is 3. The summed E-state index contributed by atoms with van der Waals surface area (Å²) in [6, 6.07) is 8.69. The van der Waals surface area contributed by atoms with Crippen molar-refractivity contribution in [2.45, 2.75) is 6.42 Å². The number of rotatable bonds is 2. The van der Waals surface area contributed by atoms with E-state index in [4.69, 9.17) is 5.26 Å². The van der Waals surface area contributed by atoms with Gasteiger partial charge in [-0.25, -0.2) is 4.98 Å². The summed E-state index contributed by atoms with van der Waals surface area (Å²) in [6.45, 7) is 0. The van der Waals surface area contributed by atoms with E-state index in [2.05, 4.69) is 9.97 Å². The number of nitrogens with zero attached hydrogens (tertiary/aromatic N) is 3. The van der Waals surface area contributed by atoms with E-state index in [-0.39, 0.29) is 6.42 Å². The fourth-order valence-electron chi connectivity index (χ4n) is 1.36. The second-order valence-electron chi connectivity index (χ2n) is 3.22. The first-order chi connectivity index (χ1) is 7.81. The Balaban J connectivity index is 2.39. The van der Waals surface area contributed by atoms with E-state index in [1.54, 1.807) is 36.7 Å². The van der Waals surface area contributed by atoms with Gasteiger partial charge in [-0.2, -0.15) is 9.65 Å². The molecule has 0 N–H and O–H groups in total. The zero-order valence-electron chi connectivity index (χ0n) is 8.39. The molecule has 0 aliphatic carbocycles. The first-order valence-corrected chi connectivity index (χ1v) is 4.74. The maximum atomic E-state index is 13.4. The highest BCUT2D eigenvalue weighted by atomic mass is 19.1. The zero-order valence-corrected chi connectivity index (χ0v) is 8.39. The fourth-order valence-corrected chi connectivity index (χ4v) is 1.36. The van der Waals surface area contributed by atoms with Crippen LogP contribution in [0.5, 0.6) is 0 Å². The third kappa shape index (κ3) is 2.04. The van der Waals surface area contributed by atoms with Gasteiger partial charge in [0.1, 0.15) is 0 Å². The lowest BCUT2D eigenvalue weighted by atomic mass is 10.1. The Morgan fingerprint density at radius 3 is 2.56 bits per heavy atom. The molecule has 78 valence electrons. The van der Waals surface area contributed by atoms with Gasteiger partial charge in [-0.3, -0.25) is 4.98 Å². The molecule has 0 aliphatic rings. The van der Waals surface area contributed by atoms with Crippen molar-refractivity contribution >= 4 is 0 Å². The number of aromatic nitrogens is 2. The second kappa shape index (κ2) is 4.49. The van der Waals surface area contributed by atoms with Crippen LogP contribution in [-0.4, -0.2) is 9.97 Å². The Bertz CT molecular complexity index is 532. The average molecular weight is 213 g/mol. The topological polar surface area (TPSA) is 49.6 Å². The molecule has 4 heteroatoms. The third-order valence-corrected chi connectivity index (χ3v) is 2.17. The highest BCUT2D eigenvalue weighted by Gasteiger charge is 2.06. The molecule has 3 nitrogen and oxygen atoms in total. The molecule has 0 unspecified atom stereocenters. The quantitative estimate of drug-likeness (QED) is 0.719. The van der Waals surface area contributed by atoms with Crippen molar-refractivity contribution in [1.82, 2.24) is 9.97 Å². The van der Waals surface area contributed by atoms with Crippen LogP contribution in [0.4, 0.5) is 4.39 Å². The van der Waals surface area contributed by atoms with Gasteiger partial charge >= 0.3 is 0 Å². The highest BCUT2D eigenvalue weighted by Crippen LogP contribution is 2.17. The Morgan fingerprint density at radius 1 is 1.19 bits per heavy atom. The first-order valence-electron chi connectivity index (χ1n) is 4.74. The lowest BCUT2D eigenvalue weighted by molar-refractivity contribution is 0.573. The summed E-state index contributed by atoms with van der Waals surface area (Å²) in [7, 11) is 0. The average Bonchev–Trinajstić information content (AvgIpc) is 2.33. The highest BCUT2D eigenvalue weighted by molar-refractivity contribution is 5.58. The van der Waals surface area contributed by atoms with E-state index < -0.39 is 5.95 Å². The van der Waals surface area contributed by atoms with Gasteiger partial charge in [0.2, 0.25) is 5.95 Å². The molecular weight excluding hydrogens is 205 g/mol. The van der Waals surface area contributed by atoms with Crippen molar-refractivity contribution < 1.29 is 4.39 Å². The van der Waals surface area contributed by atoms with Gasteiger partial charge in [0.15, 0.2) is 0 Å².